The molecule has 2 nitrogen and oxygen atoms in total. The fraction of sp³-hybridized carbons (Fsp3) is 0. The number of hydrogen-bond acceptors (Lipinski definition) is 4. The summed E-state index contributed by atoms with van der Waals surface area (Å²) in [5.41, 5.74) is 0. The monoisotopic (exact) mass is 600 g/mol. The first kappa shape index (κ1) is 20.5. The molecule has 0 amide bonds. The summed E-state index contributed by atoms with van der Waals surface area (Å²) < 4.78 is 7.28. The standard InChI is InChI=1S/2C3H2NS.4BrH.2Ni/c2*1-2-4-5-3-1;;;;;;/h2*1,3H;4*1H;;/q2*-1;;;;;+2;+4/p-4. The summed E-state index contributed by atoms with van der Waals surface area (Å²) in [6.07, 6.45) is 5.26. The molecule has 0 radical (unpaired) electrons. The minimum absolute atomic E-state index is 1.25. The van der Waals surface area contributed by atoms with Crippen molar-refractivity contribution in [2.45, 2.75) is 0 Å². The molecule has 2 rings (SSSR count). The maximum atomic E-state index is 3.64. The minimum Gasteiger partial charge on any atom is -0.325 e. The second-order valence-electron chi connectivity index (χ2n) is 1.35. The van der Waals surface area contributed by atoms with Gasteiger partial charge in [0, 0.05) is 0 Å². The van der Waals surface area contributed by atoms with Crippen molar-refractivity contribution >= 4 is 80.0 Å². The third kappa shape index (κ3) is 25.1. The molecule has 0 aliphatic rings. The molecule has 0 spiro atoms. The largest absolute Gasteiger partial charge is 0.325 e. The Morgan fingerprint density at radius 3 is 1.38 bits per heavy atom. The van der Waals surface area contributed by atoms with E-state index in [4.69, 9.17) is 0 Å². The number of hydrogen-bond donors (Lipinski definition) is 0. The van der Waals surface area contributed by atoms with Crippen LogP contribution < -0.4 is 0 Å². The van der Waals surface area contributed by atoms with E-state index in [0.29, 0.717) is 0 Å². The van der Waals surface area contributed by atoms with Gasteiger partial charge in [0.25, 0.3) is 0 Å². The Balaban J connectivity index is 0. The minimum atomic E-state index is 1.25. The Hall–Kier alpha value is 2.17. The molecule has 0 aliphatic heterocycles. The second-order valence-corrected chi connectivity index (χ2v) is 12.6. The zero-order valence-electron chi connectivity index (χ0n) is 7.16. The molecule has 0 bridgehead atoms. The van der Waals surface area contributed by atoms with Gasteiger partial charge < -0.3 is 8.75 Å². The van der Waals surface area contributed by atoms with Gasteiger partial charge in [0.15, 0.2) is 0 Å². The Morgan fingerprint density at radius 2 is 1.31 bits per heavy atom. The number of rotatable bonds is 0. The van der Waals surface area contributed by atoms with Crippen LogP contribution in [-0.4, -0.2) is 8.75 Å². The summed E-state index contributed by atoms with van der Waals surface area (Å²) in [6, 6.07) is 3.56. The molecular weight excluding hydrogens is 601 g/mol. The molecular formula is C6H4Br4N2Ni2S2. The maximum Gasteiger partial charge on any atom is -0.133 e. The van der Waals surface area contributed by atoms with Gasteiger partial charge in [-0.1, -0.05) is 0 Å². The summed E-state index contributed by atoms with van der Waals surface area (Å²) in [6.45, 7) is 0. The summed E-state index contributed by atoms with van der Waals surface area (Å²) in [5, 5.41) is 3.75. The van der Waals surface area contributed by atoms with E-state index in [9.17, 15) is 0 Å². The Bertz CT molecular complexity index is 197. The zero-order chi connectivity index (χ0) is 12.5. The van der Waals surface area contributed by atoms with E-state index in [2.05, 4.69) is 78.0 Å². The molecule has 0 fully saturated rings. The fourth-order valence-corrected chi connectivity index (χ4v) is 0.913. The SMILES string of the molecule is [Br][Ni+2][Br].[Br][Ni][Br].[c-]1ccsn1.[c-]1ccsn1. The molecule has 0 atom stereocenters. The van der Waals surface area contributed by atoms with Crippen molar-refractivity contribution in [2.75, 3.05) is 0 Å². The predicted octanol–water partition coefficient (Wildman–Crippen LogP) is 5.26. The van der Waals surface area contributed by atoms with Crippen LogP contribution in [0.1, 0.15) is 0 Å². The van der Waals surface area contributed by atoms with Crippen LogP contribution in [0.5, 0.6) is 0 Å². The van der Waals surface area contributed by atoms with Gasteiger partial charge in [-0.25, -0.2) is 12.1 Å². The summed E-state index contributed by atoms with van der Waals surface area (Å²) in [4.78, 5) is 0. The first-order valence-corrected chi connectivity index (χ1v) is 14.4. The van der Waals surface area contributed by atoms with E-state index in [1.54, 1.807) is 12.1 Å². The molecule has 2 heterocycles. The van der Waals surface area contributed by atoms with Gasteiger partial charge in [0.2, 0.25) is 0 Å². The van der Waals surface area contributed by atoms with E-state index in [1.165, 1.54) is 44.9 Å². The van der Waals surface area contributed by atoms with Crippen molar-refractivity contribution in [3.63, 3.8) is 0 Å². The van der Waals surface area contributed by atoms with E-state index in [0.717, 1.165) is 0 Å². The molecule has 0 aromatic carbocycles. The number of aromatic nitrogens is 2. The van der Waals surface area contributed by atoms with Crippen LogP contribution in [0.15, 0.2) is 22.9 Å². The normalized spacial score (nSPS) is 7.75. The molecule has 2 aromatic heterocycles. The van der Waals surface area contributed by atoms with Crippen molar-refractivity contribution in [1.29, 1.82) is 0 Å². The summed E-state index contributed by atoms with van der Waals surface area (Å²) in [5.74, 6) is 0. The predicted molar refractivity (Wildman–Crippen MR) is 77.6 cm³/mol. The Kier molecular flexibility index (Phi) is 28.6. The van der Waals surface area contributed by atoms with E-state index in [1.807, 2.05) is 10.8 Å². The van der Waals surface area contributed by atoms with Gasteiger partial charge in [-0.15, -0.1) is 23.2 Å². The van der Waals surface area contributed by atoms with Gasteiger partial charge in [-0.2, -0.15) is 23.1 Å². The first-order valence-electron chi connectivity index (χ1n) is 3.01. The van der Waals surface area contributed by atoms with Gasteiger partial charge in [0.1, 0.15) is 0 Å². The average Bonchev–Trinajstić information content (AvgIpc) is 3.00. The van der Waals surface area contributed by atoms with Crippen LogP contribution in [0.4, 0.5) is 0 Å². The molecule has 0 N–H and O–H groups in total. The van der Waals surface area contributed by atoms with Gasteiger partial charge in [-0.05, 0) is 0 Å². The number of nitrogens with zero attached hydrogens (tertiary/aromatic N) is 2. The molecule has 0 saturated heterocycles. The fourth-order valence-electron chi connectivity index (χ4n) is 0.304. The van der Waals surface area contributed by atoms with Crippen LogP contribution in [0.25, 0.3) is 0 Å². The molecule has 98 valence electrons. The summed E-state index contributed by atoms with van der Waals surface area (Å²) in [7, 11) is 2.50. The van der Waals surface area contributed by atoms with Crippen molar-refractivity contribution in [2.24, 2.45) is 0 Å². The van der Waals surface area contributed by atoms with Crippen LogP contribution in [0, 0.1) is 12.4 Å². The van der Waals surface area contributed by atoms with Gasteiger partial charge in [-0.3, -0.25) is 0 Å². The average molecular weight is 605 g/mol. The van der Waals surface area contributed by atoms with Crippen molar-refractivity contribution < 1.29 is 21.8 Å². The van der Waals surface area contributed by atoms with Crippen LogP contribution in [-0.2, 0) is 21.8 Å². The van der Waals surface area contributed by atoms with Crippen LogP contribution in [0.3, 0.4) is 0 Å². The Labute approximate surface area is 143 Å². The van der Waals surface area contributed by atoms with E-state index in [-0.39, 0.29) is 0 Å². The van der Waals surface area contributed by atoms with E-state index < -0.39 is 0 Å². The van der Waals surface area contributed by atoms with Gasteiger partial charge in [0.05, 0.1) is 0 Å². The Morgan fingerprint density at radius 1 is 1.00 bits per heavy atom. The summed E-state index contributed by atoms with van der Waals surface area (Å²) >= 11 is 14.8. The van der Waals surface area contributed by atoms with Crippen LogP contribution >= 0.6 is 80.0 Å². The van der Waals surface area contributed by atoms with Crippen LogP contribution in [0.2, 0.25) is 0 Å². The van der Waals surface area contributed by atoms with E-state index >= 15 is 0 Å². The molecule has 0 saturated carbocycles. The molecule has 16 heavy (non-hydrogen) atoms. The molecule has 10 heteroatoms. The molecule has 2 aromatic rings. The second kappa shape index (κ2) is 22.4. The van der Waals surface area contributed by atoms with Gasteiger partial charge >= 0.3 is 78.7 Å². The maximum absolute atomic E-state index is 3.64. The van der Waals surface area contributed by atoms with Crippen molar-refractivity contribution in [3.8, 4) is 0 Å². The van der Waals surface area contributed by atoms with Crippen molar-refractivity contribution in [1.82, 2.24) is 8.75 Å². The zero-order valence-corrected chi connectivity index (χ0v) is 17.1. The molecule has 0 unspecified atom stereocenters. The number of halogens is 4. The first-order chi connectivity index (χ1) is 7.83. The third-order valence-corrected chi connectivity index (χ3v) is 1.55. The molecule has 0 aliphatic carbocycles. The quantitative estimate of drug-likeness (QED) is 0.303. The smallest absolute Gasteiger partial charge is 0.133 e. The van der Waals surface area contributed by atoms with Crippen molar-refractivity contribution in [3.05, 3.63) is 35.3 Å². The topological polar surface area (TPSA) is 25.8 Å². The third-order valence-electron chi connectivity index (χ3n) is 0.618.